The molecule has 1 heterocycles. The van der Waals surface area contributed by atoms with Crippen molar-refractivity contribution in [3.05, 3.63) is 118 Å². The molecule has 1 saturated heterocycles. The highest BCUT2D eigenvalue weighted by molar-refractivity contribution is 5.90. The first-order valence-corrected chi connectivity index (χ1v) is 11.5. The first-order valence-electron chi connectivity index (χ1n) is 11.5. The van der Waals surface area contributed by atoms with E-state index in [-0.39, 0.29) is 18.6 Å². The molecule has 188 valence electrons. The van der Waals surface area contributed by atoms with Gasteiger partial charge in [0, 0.05) is 11.3 Å². The number of nitrogens with zero attached hydrogens (tertiary/aromatic N) is 3. The number of benzene rings is 3. The number of rotatable bonds is 8. The predicted octanol–water partition coefficient (Wildman–Crippen LogP) is 4.72. The fourth-order valence-corrected chi connectivity index (χ4v) is 3.76. The second kappa shape index (κ2) is 12.3. The van der Waals surface area contributed by atoms with E-state index >= 15 is 0 Å². The molecule has 3 aromatic carbocycles. The average Bonchev–Trinajstić information content (AvgIpc) is 2.94. The molecule has 1 aliphatic rings. The second-order valence-electron chi connectivity index (χ2n) is 8.10. The molecule has 0 aliphatic carbocycles. The Labute approximate surface area is 212 Å². The summed E-state index contributed by atoms with van der Waals surface area (Å²) in [6.07, 6.45) is -3.21. The average molecular weight is 501 g/mol. The lowest BCUT2D eigenvalue weighted by Gasteiger charge is -2.38. The van der Waals surface area contributed by atoms with Gasteiger partial charge in [-0.2, -0.15) is 0 Å². The van der Waals surface area contributed by atoms with Crippen molar-refractivity contribution in [1.82, 2.24) is 0 Å². The van der Waals surface area contributed by atoms with Gasteiger partial charge in [0.05, 0.1) is 22.8 Å². The maximum atomic E-state index is 12.8. The van der Waals surface area contributed by atoms with Gasteiger partial charge in [0.1, 0.15) is 18.8 Å². The smallest absolute Gasteiger partial charge is 0.340 e. The van der Waals surface area contributed by atoms with Gasteiger partial charge in [-0.05, 0) is 41.9 Å². The molecule has 1 aliphatic heterocycles. The highest BCUT2D eigenvalue weighted by Gasteiger charge is 2.43. The zero-order valence-corrected chi connectivity index (χ0v) is 19.6. The minimum atomic E-state index is -1.40. The highest BCUT2D eigenvalue weighted by Crippen LogP contribution is 2.28. The van der Waals surface area contributed by atoms with Gasteiger partial charge in [-0.3, -0.25) is 0 Å². The van der Waals surface area contributed by atoms with E-state index in [1.165, 1.54) is 0 Å². The number of carbonyl (C=O) groups is 3. The van der Waals surface area contributed by atoms with E-state index in [4.69, 9.17) is 18.9 Å². The molecule has 4 unspecified atom stereocenters. The normalized spacial score (nSPS) is 20.6. The van der Waals surface area contributed by atoms with Crippen LogP contribution in [0.5, 0.6) is 0 Å². The van der Waals surface area contributed by atoms with Crippen molar-refractivity contribution in [2.45, 2.75) is 31.0 Å². The molecule has 10 nitrogen and oxygen atoms in total. The van der Waals surface area contributed by atoms with Crippen molar-refractivity contribution in [3.8, 4) is 0 Å². The van der Waals surface area contributed by atoms with Crippen LogP contribution in [0.3, 0.4) is 0 Å². The van der Waals surface area contributed by atoms with E-state index in [1.54, 1.807) is 91.0 Å². The van der Waals surface area contributed by atoms with Gasteiger partial charge >= 0.3 is 17.9 Å². The molecule has 0 saturated carbocycles. The van der Waals surface area contributed by atoms with Crippen LogP contribution < -0.4 is 0 Å². The fraction of sp³-hybridized carbons (Fsp3) is 0.222. The third-order valence-corrected chi connectivity index (χ3v) is 5.58. The largest absolute Gasteiger partial charge is 0.459 e. The van der Waals surface area contributed by atoms with Gasteiger partial charge in [0.2, 0.25) is 6.29 Å². The maximum absolute atomic E-state index is 12.8. The third kappa shape index (κ3) is 6.72. The van der Waals surface area contributed by atoms with Gasteiger partial charge in [-0.15, -0.1) is 0 Å². The Morgan fingerprint density at radius 1 is 0.784 bits per heavy atom. The van der Waals surface area contributed by atoms with E-state index in [0.717, 1.165) is 0 Å². The minimum Gasteiger partial charge on any atom is -0.459 e. The number of hydrogen-bond donors (Lipinski definition) is 0. The Hall–Kier alpha value is -4.66. The standard InChI is InChI=1S/C27H23N3O7/c28-30-29-23-22(36-25(32)19-12-6-2-7-13-19)16-21(17-34-24(31)18-10-4-1-5-11-18)35-27(23)37-26(33)20-14-8-3-9-15-20/h1-15,21-23,27H,16-17H2. The van der Waals surface area contributed by atoms with Crippen molar-refractivity contribution in [2.75, 3.05) is 6.61 Å². The van der Waals surface area contributed by atoms with Gasteiger partial charge in [0.15, 0.2) is 0 Å². The molecular weight excluding hydrogens is 478 g/mol. The topological polar surface area (TPSA) is 137 Å². The Bertz CT molecular complexity index is 1200. The van der Waals surface area contributed by atoms with Crippen LogP contribution in [-0.4, -0.2) is 49.1 Å². The molecule has 3 aromatic rings. The molecule has 4 atom stereocenters. The van der Waals surface area contributed by atoms with Crippen LogP contribution in [0.15, 0.2) is 96.1 Å². The van der Waals surface area contributed by atoms with Crippen molar-refractivity contribution < 1.29 is 33.3 Å². The fourth-order valence-electron chi connectivity index (χ4n) is 3.76. The Balaban J connectivity index is 1.54. The molecule has 0 N–H and O–H groups in total. The van der Waals surface area contributed by atoms with Gasteiger partial charge in [-0.25, -0.2) is 14.4 Å². The van der Waals surface area contributed by atoms with Crippen molar-refractivity contribution >= 4 is 17.9 Å². The van der Waals surface area contributed by atoms with Crippen molar-refractivity contribution in [2.24, 2.45) is 5.11 Å². The molecule has 1 fully saturated rings. The lowest BCUT2D eigenvalue weighted by molar-refractivity contribution is -0.208. The molecule has 0 aromatic heterocycles. The van der Waals surface area contributed by atoms with Gasteiger partial charge < -0.3 is 18.9 Å². The van der Waals surface area contributed by atoms with Crippen LogP contribution in [0.25, 0.3) is 10.4 Å². The van der Waals surface area contributed by atoms with E-state index in [9.17, 15) is 19.9 Å². The van der Waals surface area contributed by atoms with E-state index < -0.39 is 42.4 Å². The number of esters is 3. The van der Waals surface area contributed by atoms with Crippen LogP contribution >= 0.6 is 0 Å². The summed E-state index contributed by atoms with van der Waals surface area (Å²) in [5.74, 6) is -1.95. The Morgan fingerprint density at radius 3 is 1.78 bits per heavy atom. The van der Waals surface area contributed by atoms with E-state index in [1.807, 2.05) is 0 Å². The first kappa shape index (κ1) is 25.4. The summed E-state index contributed by atoms with van der Waals surface area (Å²) in [6.45, 7) is -0.213. The monoisotopic (exact) mass is 501 g/mol. The summed E-state index contributed by atoms with van der Waals surface area (Å²) in [5, 5.41) is 3.71. The summed E-state index contributed by atoms with van der Waals surface area (Å²) in [5.41, 5.74) is 10.1. The number of carbonyl (C=O) groups excluding carboxylic acids is 3. The zero-order valence-electron chi connectivity index (χ0n) is 19.6. The molecule has 4 rings (SSSR count). The summed E-state index contributed by atoms with van der Waals surface area (Å²) >= 11 is 0. The lowest BCUT2D eigenvalue weighted by Crippen LogP contribution is -2.52. The highest BCUT2D eigenvalue weighted by atomic mass is 16.7. The minimum absolute atomic E-state index is 0.0315. The predicted molar refractivity (Wildman–Crippen MR) is 130 cm³/mol. The lowest BCUT2D eigenvalue weighted by atomic mass is 10.0. The second-order valence-corrected chi connectivity index (χ2v) is 8.10. The van der Waals surface area contributed by atoms with Crippen LogP contribution in [0.2, 0.25) is 0 Å². The Morgan fingerprint density at radius 2 is 1.27 bits per heavy atom. The quantitative estimate of drug-likeness (QED) is 0.143. The molecule has 0 radical (unpaired) electrons. The Kier molecular flexibility index (Phi) is 8.49. The number of hydrogen-bond acceptors (Lipinski definition) is 8. The molecule has 0 spiro atoms. The van der Waals surface area contributed by atoms with Crippen LogP contribution in [0.4, 0.5) is 0 Å². The molecular formula is C27H23N3O7. The van der Waals surface area contributed by atoms with Crippen molar-refractivity contribution in [1.29, 1.82) is 0 Å². The van der Waals surface area contributed by atoms with Crippen molar-refractivity contribution in [3.63, 3.8) is 0 Å². The summed E-state index contributed by atoms with van der Waals surface area (Å²) < 4.78 is 22.5. The van der Waals surface area contributed by atoms with E-state index in [2.05, 4.69) is 10.0 Å². The van der Waals surface area contributed by atoms with Gasteiger partial charge in [0.25, 0.3) is 0 Å². The first-order chi connectivity index (χ1) is 18.0. The summed E-state index contributed by atoms with van der Waals surface area (Å²) in [7, 11) is 0. The summed E-state index contributed by atoms with van der Waals surface area (Å²) in [4.78, 5) is 40.8. The molecule has 37 heavy (non-hydrogen) atoms. The molecule has 10 heteroatoms. The van der Waals surface area contributed by atoms with Crippen LogP contribution in [0.1, 0.15) is 37.5 Å². The summed E-state index contributed by atoms with van der Waals surface area (Å²) in [6, 6.07) is 23.7. The maximum Gasteiger partial charge on any atom is 0.340 e. The number of azide groups is 1. The SMILES string of the molecule is [N-]=[N+]=NC1C(OC(=O)c2ccccc2)CC(COC(=O)c2ccccc2)OC1OC(=O)c1ccccc1. The van der Waals surface area contributed by atoms with Crippen LogP contribution in [-0.2, 0) is 18.9 Å². The van der Waals surface area contributed by atoms with Gasteiger partial charge in [-0.1, -0.05) is 59.7 Å². The number of ether oxygens (including phenoxy) is 4. The zero-order chi connectivity index (χ0) is 26.0. The van der Waals surface area contributed by atoms with Crippen LogP contribution in [0, 0.1) is 0 Å². The van der Waals surface area contributed by atoms with E-state index in [0.29, 0.717) is 11.1 Å². The molecule has 0 bridgehead atoms. The molecule has 0 amide bonds. The third-order valence-electron chi connectivity index (χ3n) is 5.58.